The number of anilines is 1. The van der Waals surface area contributed by atoms with Crippen molar-refractivity contribution < 1.29 is 9.84 Å². The molecule has 7 nitrogen and oxygen atoms in total. The van der Waals surface area contributed by atoms with Gasteiger partial charge in [-0.1, -0.05) is 30.3 Å². The number of nitrogens with one attached hydrogen (secondary N) is 2. The number of ether oxygens (including phenoxy) is 1. The van der Waals surface area contributed by atoms with Gasteiger partial charge in [-0.2, -0.15) is 5.10 Å². The van der Waals surface area contributed by atoms with Crippen molar-refractivity contribution in [2.45, 2.75) is 18.4 Å². The molecule has 1 aliphatic heterocycles. The number of methoxy groups -OCH3 is 1. The maximum absolute atomic E-state index is 11.2. The third-order valence-electron chi connectivity index (χ3n) is 6.73. The normalized spacial score (nSPS) is 15.9. The summed E-state index contributed by atoms with van der Waals surface area (Å²) in [5, 5.41) is 19.7. The van der Waals surface area contributed by atoms with Crippen LogP contribution in [-0.4, -0.2) is 45.5 Å². The van der Waals surface area contributed by atoms with Gasteiger partial charge in [-0.25, -0.2) is 4.98 Å². The van der Waals surface area contributed by atoms with Crippen molar-refractivity contribution in [3.8, 4) is 17.3 Å². The first-order valence-electron chi connectivity index (χ1n) is 11.2. The van der Waals surface area contributed by atoms with Gasteiger partial charge in [0.15, 0.2) is 5.82 Å². The Morgan fingerprint density at radius 1 is 0.970 bits per heavy atom. The lowest BCUT2D eigenvalue weighted by Gasteiger charge is -2.39. The number of benzene rings is 3. The van der Waals surface area contributed by atoms with Crippen molar-refractivity contribution in [3.63, 3.8) is 0 Å². The molecule has 5 aromatic rings. The second-order valence-corrected chi connectivity index (χ2v) is 8.66. The number of rotatable bonds is 4. The molecule has 0 amide bonds. The van der Waals surface area contributed by atoms with Crippen molar-refractivity contribution in [3.05, 3.63) is 72.3 Å². The molecule has 3 aromatic carbocycles. The van der Waals surface area contributed by atoms with Gasteiger partial charge in [-0.15, -0.1) is 0 Å². The quantitative estimate of drug-likeness (QED) is 0.381. The lowest BCUT2D eigenvalue weighted by molar-refractivity contribution is 0.0118. The molecule has 7 heteroatoms. The van der Waals surface area contributed by atoms with Gasteiger partial charge in [0, 0.05) is 24.2 Å². The average Bonchev–Trinajstić information content (AvgIpc) is 3.48. The number of aromatic nitrogens is 4. The molecule has 6 rings (SSSR count). The Bertz CT molecular complexity index is 1430. The molecule has 0 aliphatic carbocycles. The van der Waals surface area contributed by atoms with Crippen LogP contribution in [0.5, 0.6) is 5.75 Å². The zero-order valence-electron chi connectivity index (χ0n) is 18.4. The van der Waals surface area contributed by atoms with Gasteiger partial charge >= 0.3 is 0 Å². The predicted molar refractivity (Wildman–Crippen MR) is 130 cm³/mol. The van der Waals surface area contributed by atoms with E-state index in [9.17, 15) is 5.11 Å². The van der Waals surface area contributed by atoms with Crippen molar-refractivity contribution >= 4 is 27.6 Å². The Morgan fingerprint density at radius 3 is 2.58 bits per heavy atom. The zero-order chi connectivity index (χ0) is 22.4. The Kier molecular flexibility index (Phi) is 4.58. The maximum Gasteiger partial charge on any atom is 0.159 e. The van der Waals surface area contributed by atoms with Gasteiger partial charge in [0.05, 0.1) is 29.3 Å². The standard InChI is InChI=1S/C26H25N5O2/c1-33-19-8-10-21-20(16-19)24(30-29-21)25-27-22-9-7-18(15-23(22)28-25)31-13-11-26(32,12-14-31)17-5-3-2-4-6-17/h2-10,15-16,32H,11-14H2,1H3,(H,27,28)(H,29,30). The van der Waals surface area contributed by atoms with Crippen LogP contribution in [0.3, 0.4) is 0 Å². The second-order valence-electron chi connectivity index (χ2n) is 8.66. The summed E-state index contributed by atoms with van der Waals surface area (Å²) in [6, 6.07) is 22.1. The van der Waals surface area contributed by atoms with E-state index < -0.39 is 5.60 Å². The van der Waals surface area contributed by atoms with Gasteiger partial charge in [-0.3, -0.25) is 5.10 Å². The number of fused-ring (bicyclic) bond motifs is 2. The topological polar surface area (TPSA) is 90.1 Å². The Balaban J connectivity index is 1.27. The Labute approximate surface area is 191 Å². The van der Waals surface area contributed by atoms with E-state index in [4.69, 9.17) is 9.72 Å². The largest absolute Gasteiger partial charge is 0.497 e. The van der Waals surface area contributed by atoms with Crippen LogP contribution in [0, 0.1) is 0 Å². The number of nitrogens with zero attached hydrogens (tertiary/aromatic N) is 3. The second kappa shape index (κ2) is 7.64. The first kappa shape index (κ1) is 19.8. The monoisotopic (exact) mass is 439 g/mol. The van der Waals surface area contributed by atoms with E-state index in [1.807, 2.05) is 54.6 Å². The summed E-state index contributed by atoms with van der Waals surface area (Å²) in [5.74, 6) is 1.50. The van der Waals surface area contributed by atoms with Crippen LogP contribution >= 0.6 is 0 Å². The molecule has 0 spiro atoms. The highest BCUT2D eigenvalue weighted by atomic mass is 16.5. The molecule has 0 unspecified atom stereocenters. The third-order valence-corrected chi connectivity index (χ3v) is 6.73. The minimum Gasteiger partial charge on any atom is -0.497 e. The van der Waals surface area contributed by atoms with Crippen molar-refractivity contribution in [1.82, 2.24) is 20.2 Å². The minimum absolute atomic E-state index is 0.699. The Morgan fingerprint density at radius 2 is 1.79 bits per heavy atom. The van der Waals surface area contributed by atoms with Gasteiger partial charge in [0.2, 0.25) is 0 Å². The molecule has 0 saturated carbocycles. The zero-order valence-corrected chi connectivity index (χ0v) is 18.4. The van der Waals surface area contributed by atoms with Crippen LogP contribution in [0.15, 0.2) is 66.7 Å². The van der Waals surface area contributed by atoms with Gasteiger partial charge in [0.25, 0.3) is 0 Å². The molecule has 1 fully saturated rings. The van der Waals surface area contributed by atoms with E-state index >= 15 is 0 Å². The highest BCUT2D eigenvalue weighted by Crippen LogP contribution is 2.35. The number of imidazole rings is 1. The van der Waals surface area contributed by atoms with Crippen molar-refractivity contribution in [1.29, 1.82) is 0 Å². The van der Waals surface area contributed by atoms with E-state index in [0.29, 0.717) is 12.8 Å². The lowest BCUT2D eigenvalue weighted by Crippen LogP contribution is -2.42. The molecule has 2 aromatic heterocycles. The van der Waals surface area contributed by atoms with Gasteiger partial charge < -0.3 is 19.7 Å². The molecule has 0 bridgehead atoms. The minimum atomic E-state index is -0.759. The molecule has 33 heavy (non-hydrogen) atoms. The molecule has 0 radical (unpaired) electrons. The van der Waals surface area contributed by atoms with Crippen molar-refractivity contribution in [2.75, 3.05) is 25.1 Å². The molecule has 166 valence electrons. The summed E-state index contributed by atoms with van der Waals surface area (Å²) in [6.07, 6.45) is 1.40. The average molecular weight is 440 g/mol. The van der Waals surface area contributed by atoms with E-state index in [1.54, 1.807) is 7.11 Å². The molecular weight excluding hydrogens is 414 g/mol. The summed E-state index contributed by atoms with van der Waals surface area (Å²) < 4.78 is 5.37. The first-order chi connectivity index (χ1) is 16.1. The number of H-pyrrole nitrogens is 2. The summed E-state index contributed by atoms with van der Waals surface area (Å²) in [4.78, 5) is 10.5. The number of hydrogen-bond donors (Lipinski definition) is 3. The van der Waals surface area contributed by atoms with Crippen LogP contribution in [0.2, 0.25) is 0 Å². The van der Waals surface area contributed by atoms with Gasteiger partial charge in [-0.05, 0) is 54.8 Å². The molecular formula is C26H25N5O2. The summed E-state index contributed by atoms with van der Waals surface area (Å²) in [7, 11) is 1.66. The molecule has 1 saturated heterocycles. The van der Waals surface area contributed by atoms with Crippen LogP contribution in [-0.2, 0) is 5.60 Å². The number of aromatic amines is 2. The van der Waals surface area contributed by atoms with E-state index in [2.05, 4.69) is 32.2 Å². The fraction of sp³-hybridized carbons (Fsp3) is 0.231. The summed E-state index contributed by atoms with van der Waals surface area (Å²) >= 11 is 0. The highest BCUT2D eigenvalue weighted by molar-refractivity contribution is 5.94. The molecule has 1 aliphatic rings. The van der Waals surface area contributed by atoms with E-state index in [1.165, 1.54) is 0 Å². The SMILES string of the molecule is COc1ccc2[nH]nc(-c3nc4ccc(N5CCC(O)(c6ccccc6)CC5)cc4[nH]3)c2c1. The van der Waals surface area contributed by atoms with E-state index in [-0.39, 0.29) is 0 Å². The fourth-order valence-corrected chi connectivity index (χ4v) is 4.78. The van der Waals surface area contributed by atoms with Crippen LogP contribution < -0.4 is 9.64 Å². The van der Waals surface area contributed by atoms with Crippen LogP contribution in [0.25, 0.3) is 33.5 Å². The van der Waals surface area contributed by atoms with Crippen molar-refractivity contribution in [2.24, 2.45) is 0 Å². The van der Waals surface area contributed by atoms with E-state index in [0.717, 1.165) is 63.5 Å². The highest BCUT2D eigenvalue weighted by Gasteiger charge is 2.34. The first-order valence-corrected chi connectivity index (χ1v) is 11.2. The summed E-state index contributed by atoms with van der Waals surface area (Å²) in [5.41, 5.74) is 4.93. The molecule has 0 atom stereocenters. The van der Waals surface area contributed by atoms with Crippen LogP contribution in [0.4, 0.5) is 5.69 Å². The smallest absolute Gasteiger partial charge is 0.159 e. The Hall–Kier alpha value is -3.84. The predicted octanol–water partition coefficient (Wildman–Crippen LogP) is 4.60. The lowest BCUT2D eigenvalue weighted by atomic mass is 9.84. The van der Waals surface area contributed by atoms with Gasteiger partial charge in [0.1, 0.15) is 11.4 Å². The third kappa shape index (κ3) is 3.41. The molecule has 3 N–H and O–H groups in total. The maximum atomic E-state index is 11.2. The fourth-order valence-electron chi connectivity index (χ4n) is 4.78. The number of hydrogen-bond acceptors (Lipinski definition) is 5. The number of piperidine rings is 1. The van der Waals surface area contributed by atoms with Crippen LogP contribution in [0.1, 0.15) is 18.4 Å². The summed E-state index contributed by atoms with van der Waals surface area (Å²) in [6.45, 7) is 1.59. The molecule has 3 heterocycles. The number of aliphatic hydroxyl groups is 1.